The molecule has 4 nitrogen and oxygen atoms in total. The van der Waals surface area contributed by atoms with E-state index in [2.05, 4.69) is 10.6 Å². The number of amides is 2. The monoisotopic (exact) mass is 302 g/mol. The number of halogens is 1. The molecule has 108 valence electrons. The highest BCUT2D eigenvalue weighted by Crippen LogP contribution is 2.21. The van der Waals surface area contributed by atoms with Crippen LogP contribution in [0, 0.1) is 0 Å². The van der Waals surface area contributed by atoms with Gasteiger partial charge in [0.25, 0.3) is 5.91 Å². The van der Waals surface area contributed by atoms with Crippen molar-refractivity contribution in [1.82, 2.24) is 0 Å². The Labute approximate surface area is 128 Å². The summed E-state index contributed by atoms with van der Waals surface area (Å²) in [6, 6.07) is 13.7. The molecule has 0 aliphatic carbocycles. The molecule has 0 atom stereocenters. The van der Waals surface area contributed by atoms with Gasteiger partial charge in [0.15, 0.2) is 0 Å². The number of hydrogen-bond donors (Lipinski definition) is 2. The molecule has 2 aromatic rings. The van der Waals surface area contributed by atoms with E-state index in [1.54, 1.807) is 55.5 Å². The highest BCUT2D eigenvalue weighted by molar-refractivity contribution is 6.33. The smallest absolute Gasteiger partial charge is 0.255 e. The van der Waals surface area contributed by atoms with Gasteiger partial charge in [0, 0.05) is 17.7 Å². The number of para-hydroxylation sites is 1. The molecule has 2 N–H and O–H groups in total. The van der Waals surface area contributed by atoms with E-state index in [0.717, 1.165) is 0 Å². The van der Waals surface area contributed by atoms with Crippen LogP contribution in [0.15, 0.2) is 48.5 Å². The maximum atomic E-state index is 12.1. The van der Waals surface area contributed by atoms with Crippen LogP contribution in [0.25, 0.3) is 0 Å². The number of benzene rings is 2. The Hall–Kier alpha value is -2.33. The summed E-state index contributed by atoms with van der Waals surface area (Å²) in [5, 5.41) is 5.95. The highest BCUT2D eigenvalue weighted by atomic mass is 35.5. The molecule has 2 aromatic carbocycles. The largest absolute Gasteiger partial charge is 0.326 e. The minimum atomic E-state index is -0.253. The Kier molecular flexibility index (Phi) is 4.95. The first-order chi connectivity index (χ1) is 10.1. The average Bonchev–Trinajstić information content (AvgIpc) is 2.50. The van der Waals surface area contributed by atoms with Gasteiger partial charge in [0.2, 0.25) is 5.91 Å². The summed E-state index contributed by atoms with van der Waals surface area (Å²) >= 11 is 5.99. The van der Waals surface area contributed by atoms with Gasteiger partial charge in [0.1, 0.15) is 0 Å². The van der Waals surface area contributed by atoms with Crippen molar-refractivity contribution in [2.75, 3.05) is 10.6 Å². The average molecular weight is 303 g/mol. The van der Waals surface area contributed by atoms with Crippen molar-refractivity contribution < 1.29 is 9.59 Å². The molecule has 0 saturated carbocycles. The summed E-state index contributed by atoms with van der Waals surface area (Å²) in [5.74, 6) is -0.320. The molecule has 0 fully saturated rings. The Morgan fingerprint density at radius 3 is 2.29 bits per heavy atom. The fraction of sp³-hybridized carbons (Fsp3) is 0.125. The first kappa shape index (κ1) is 15.1. The zero-order valence-corrected chi connectivity index (χ0v) is 12.3. The molecule has 0 spiro atoms. The third-order valence-corrected chi connectivity index (χ3v) is 3.20. The first-order valence-electron chi connectivity index (χ1n) is 6.56. The number of nitrogens with one attached hydrogen (secondary N) is 2. The van der Waals surface area contributed by atoms with Gasteiger partial charge in [-0.1, -0.05) is 30.7 Å². The molecular formula is C16H15ClN2O2. The van der Waals surface area contributed by atoms with Crippen molar-refractivity contribution >= 4 is 34.8 Å². The summed E-state index contributed by atoms with van der Waals surface area (Å²) in [6.07, 6.45) is 0.411. The minimum Gasteiger partial charge on any atom is -0.326 e. The maximum absolute atomic E-state index is 12.1. The van der Waals surface area contributed by atoms with Crippen molar-refractivity contribution in [3.8, 4) is 0 Å². The van der Waals surface area contributed by atoms with Crippen molar-refractivity contribution in [3.05, 3.63) is 59.1 Å². The molecule has 0 heterocycles. The van der Waals surface area contributed by atoms with Gasteiger partial charge in [-0.15, -0.1) is 0 Å². The summed E-state index contributed by atoms with van der Waals surface area (Å²) in [4.78, 5) is 23.4. The van der Waals surface area contributed by atoms with E-state index >= 15 is 0 Å². The summed E-state index contributed by atoms with van der Waals surface area (Å²) in [5.41, 5.74) is 1.72. The summed E-state index contributed by atoms with van der Waals surface area (Å²) in [6.45, 7) is 1.78. The van der Waals surface area contributed by atoms with Gasteiger partial charge < -0.3 is 10.6 Å². The molecule has 2 rings (SSSR count). The topological polar surface area (TPSA) is 58.2 Å². The number of hydrogen-bond acceptors (Lipinski definition) is 2. The van der Waals surface area contributed by atoms with Gasteiger partial charge in [-0.05, 0) is 36.4 Å². The molecule has 21 heavy (non-hydrogen) atoms. The third-order valence-electron chi connectivity index (χ3n) is 2.87. The van der Waals surface area contributed by atoms with Gasteiger partial charge in [0.05, 0.1) is 10.7 Å². The van der Waals surface area contributed by atoms with Crippen LogP contribution in [0.4, 0.5) is 11.4 Å². The molecule has 0 unspecified atom stereocenters. The van der Waals surface area contributed by atoms with Crippen molar-refractivity contribution in [2.45, 2.75) is 13.3 Å². The quantitative estimate of drug-likeness (QED) is 0.898. The van der Waals surface area contributed by atoms with Crippen LogP contribution in [0.2, 0.25) is 5.02 Å². The van der Waals surface area contributed by atoms with Crippen LogP contribution in [0.1, 0.15) is 23.7 Å². The predicted molar refractivity (Wildman–Crippen MR) is 84.8 cm³/mol. The molecule has 0 saturated heterocycles. The molecule has 0 radical (unpaired) electrons. The Bertz CT molecular complexity index is 654. The second kappa shape index (κ2) is 6.90. The lowest BCUT2D eigenvalue weighted by Crippen LogP contribution is -2.13. The molecule has 0 bridgehead atoms. The van der Waals surface area contributed by atoms with E-state index in [1.165, 1.54) is 0 Å². The zero-order valence-electron chi connectivity index (χ0n) is 11.5. The van der Waals surface area contributed by atoms with E-state index in [-0.39, 0.29) is 11.8 Å². The first-order valence-corrected chi connectivity index (χ1v) is 6.93. The fourth-order valence-electron chi connectivity index (χ4n) is 1.71. The van der Waals surface area contributed by atoms with Gasteiger partial charge in [-0.3, -0.25) is 9.59 Å². The van der Waals surface area contributed by atoms with E-state index in [4.69, 9.17) is 11.6 Å². The maximum Gasteiger partial charge on any atom is 0.255 e. The lowest BCUT2D eigenvalue weighted by Gasteiger charge is -2.08. The van der Waals surface area contributed by atoms with Gasteiger partial charge in [-0.2, -0.15) is 0 Å². The highest BCUT2D eigenvalue weighted by Gasteiger charge is 2.08. The number of anilines is 2. The Balaban J connectivity index is 2.06. The second-order valence-corrected chi connectivity index (χ2v) is 4.82. The fourth-order valence-corrected chi connectivity index (χ4v) is 1.89. The Morgan fingerprint density at radius 1 is 1.00 bits per heavy atom. The number of rotatable bonds is 4. The standard InChI is InChI=1S/C16H15ClN2O2/c1-2-15(20)18-12-9-7-11(8-10-12)16(21)19-14-6-4-3-5-13(14)17/h3-10H,2H2,1H3,(H,18,20)(H,19,21). The normalized spacial score (nSPS) is 10.0. The molecule has 2 amide bonds. The molecule has 0 aliphatic rings. The second-order valence-electron chi connectivity index (χ2n) is 4.41. The van der Waals surface area contributed by atoms with Crippen LogP contribution in [0.5, 0.6) is 0 Å². The lowest BCUT2D eigenvalue weighted by atomic mass is 10.2. The van der Waals surface area contributed by atoms with Crippen LogP contribution < -0.4 is 10.6 Å². The van der Waals surface area contributed by atoms with Crippen molar-refractivity contribution in [3.63, 3.8) is 0 Å². The van der Waals surface area contributed by atoms with E-state index in [1.807, 2.05) is 0 Å². The molecule has 0 aliphatic heterocycles. The van der Waals surface area contributed by atoms with E-state index < -0.39 is 0 Å². The van der Waals surface area contributed by atoms with E-state index in [0.29, 0.717) is 28.4 Å². The predicted octanol–water partition coefficient (Wildman–Crippen LogP) is 3.94. The Morgan fingerprint density at radius 2 is 1.67 bits per heavy atom. The molecule has 0 aromatic heterocycles. The van der Waals surface area contributed by atoms with Gasteiger partial charge in [-0.25, -0.2) is 0 Å². The zero-order chi connectivity index (χ0) is 15.2. The molecule has 5 heteroatoms. The third kappa shape index (κ3) is 4.07. The van der Waals surface area contributed by atoms with Crippen molar-refractivity contribution in [1.29, 1.82) is 0 Å². The SMILES string of the molecule is CCC(=O)Nc1ccc(C(=O)Nc2ccccc2Cl)cc1. The number of carbonyl (C=O) groups is 2. The van der Waals surface area contributed by atoms with Crippen LogP contribution in [-0.2, 0) is 4.79 Å². The van der Waals surface area contributed by atoms with Crippen LogP contribution in [0.3, 0.4) is 0 Å². The van der Waals surface area contributed by atoms with Crippen LogP contribution >= 0.6 is 11.6 Å². The van der Waals surface area contributed by atoms with Crippen LogP contribution in [-0.4, -0.2) is 11.8 Å². The van der Waals surface area contributed by atoms with Gasteiger partial charge >= 0.3 is 0 Å². The van der Waals surface area contributed by atoms with Crippen molar-refractivity contribution in [2.24, 2.45) is 0 Å². The lowest BCUT2D eigenvalue weighted by molar-refractivity contribution is -0.115. The van der Waals surface area contributed by atoms with E-state index in [9.17, 15) is 9.59 Å². The summed E-state index contributed by atoms with van der Waals surface area (Å²) in [7, 11) is 0. The molecular weight excluding hydrogens is 288 g/mol. The minimum absolute atomic E-state index is 0.0664. The number of carbonyl (C=O) groups excluding carboxylic acids is 2. The summed E-state index contributed by atoms with van der Waals surface area (Å²) < 4.78 is 0.